The Bertz CT molecular complexity index is 7340. The van der Waals surface area contributed by atoms with Crippen molar-refractivity contribution in [3.63, 3.8) is 0 Å². The van der Waals surface area contributed by atoms with Gasteiger partial charge in [-0.05, 0) is 317 Å². The normalized spacial score (nSPS) is 19.4. The van der Waals surface area contributed by atoms with Gasteiger partial charge in [-0.3, -0.25) is 24.0 Å². The Morgan fingerprint density at radius 2 is 0.669 bits per heavy atom. The highest BCUT2D eigenvalue weighted by Gasteiger charge is 2.45. The van der Waals surface area contributed by atoms with E-state index in [1.165, 1.54) is 136 Å². The molecule has 148 heavy (non-hydrogen) atoms. The second kappa shape index (κ2) is 43.9. The van der Waals surface area contributed by atoms with Crippen molar-refractivity contribution in [3.8, 4) is 24.3 Å². The van der Waals surface area contributed by atoms with Gasteiger partial charge < -0.3 is 37.9 Å². The molecule has 22 rings (SSSR count). The standard InChI is InChI=1S/C34H34N4O.2C32H36N4O.C29H34N4O2/c1-22-28(18-32(39)27-10-4-7-24(17-27)19-35)20-36-34-33(22)31(21-37(34)3)26-13-15-38(16-14-26)23(2)29-11-5-8-25-9-6-12-30(25)29;2*1-20-27(16-30(37)26-6-4-5-23(14-26)17-33)18-34-32-31(20)29(19-35(32)3)24-9-11-36(12-10-24)21(2)28-15-22-7-8-25(28)13-22;1-18(2)19(3)29(35)33-11-9-22(10-12-33)25-17-32(5)28-27(25)20(4)24(16-31-28)14-26(34)23-8-6-7-21(13-23)15-30/h4-5,7-8,10-11,17,20-21,26H,2,6,9,12-16,18H2,1,3H3;2*4-6,14,18-19,22,24-25,28H,2,7-13,15-16H2,1,3H3;6-8,13,16-19,22H,9-12,14H2,1-5H3/t;2*22-,25+,28?;19-/m.101/s1. The summed E-state index contributed by atoms with van der Waals surface area (Å²) in [4.78, 5) is 93.8. The highest BCUT2D eigenvalue weighted by molar-refractivity contribution is 6.02. The Hall–Kier alpha value is -14.4. The fraction of sp³-hybridized carbons (Fsp3) is 0.425. The van der Waals surface area contributed by atoms with E-state index in [4.69, 9.17) is 25.2 Å². The van der Waals surface area contributed by atoms with Crippen molar-refractivity contribution in [1.82, 2.24) is 57.8 Å². The number of aryl methyl sites for hydroxylation is 9. The van der Waals surface area contributed by atoms with Crippen LogP contribution in [-0.2, 0) is 71.5 Å². The van der Waals surface area contributed by atoms with E-state index in [2.05, 4.69) is 183 Å². The molecule has 758 valence electrons. The zero-order valence-electron chi connectivity index (χ0n) is 88.3. The second-order valence-electron chi connectivity index (χ2n) is 44.6. The van der Waals surface area contributed by atoms with Crippen molar-refractivity contribution in [3.05, 3.63) is 324 Å². The molecule has 4 bridgehead atoms. The first-order chi connectivity index (χ1) is 71.5. The smallest absolute Gasteiger partial charge is 0.225 e. The number of nitriles is 4. The van der Waals surface area contributed by atoms with Crippen molar-refractivity contribution < 1.29 is 24.0 Å². The summed E-state index contributed by atoms with van der Waals surface area (Å²) in [6.45, 7) is 36.2. The van der Waals surface area contributed by atoms with Crippen LogP contribution >= 0.6 is 0 Å². The molecule has 2 unspecified atom stereocenters. The number of allylic oxidation sites excluding steroid dienone is 2. The van der Waals surface area contributed by atoms with E-state index in [0.29, 0.717) is 98.8 Å². The molecule has 12 heterocycles. The molecule has 4 saturated carbocycles. The Labute approximate surface area is 872 Å². The molecule has 8 fully saturated rings. The number of hydrogen-bond donors (Lipinski definition) is 0. The van der Waals surface area contributed by atoms with Crippen LogP contribution in [-0.4, -0.2) is 139 Å². The predicted molar refractivity (Wildman–Crippen MR) is 585 cm³/mol. The number of amides is 1. The number of piperidine rings is 4. The molecular weight excluding hydrogens is 1830 g/mol. The summed E-state index contributed by atoms with van der Waals surface area (Å²) >= 11 is 0. The van der Waals surface area contributed by atoms with Gasteiger partial charge in [0.15, 0.2) is 23.1 Å². The van der Waals surface area contributed by atoms with Crippen molar-refractivity contribution in [1.29, 1.82) is 21.0 Å². The van der Waals surface area contributed by atoms with Crippen LogP contribution in [0.1, 0.15) is 301 Å². The van der Waals surface area contributed by atoms with Crippen LogP contribution in [0.5, 0.6) is 0 Å². The molecule has 21 heteroatoms. The average molecular weight is 1970 g/mol. The first kappa shape index (κ1) is 102. The maximum Gasteiger partial charge on any atom is 0.225 e. The van der Waals surface area contributed by atoms with E-state index in [9.17, 15) is 39.8 Å². The van der Waals surface area contributed by atoms with E-state index in [1.54, 1.807) is 97.1 Å². The largest absolute Gasteiger partial charge is 0.375 e. The van der Waals surface area contributed by atoms with Gasteiger partial charge in [0, 0.05) is 240 Å². The predicted octanol–water partition coefficient (Wildman–Crippen LogP) is 24.3. The summed E-state index contributed by atoms with van der Waals surface area (Å²) in [5.74, 6) is 7.55. The van der Waals surface area contributed by atoms with Crippen molar-refractivity contribution in [2.45, 2.75) is 220 Å². The number of nitrogens with zero attached hydrogens (tertiary/aromatic N) is 16. The molecule has 13 aromatic rings. The van der Waals surface area contributed by atoms with Gasteiger partial charge in [0.25, 0.3) is 0 Å². The number of likely N-dealkylation sites (tertiary alicyclic amines) is 4. The third-order valence-electron chi connectivity index (χ3n) is 35.6. The third kappa shape index (κ3) is 20.9. The third-order valence-corrected chi connectivity index (χ3v) is 35.6. The highest BCUT2D eigenvalue weighted by atomic mass is 16.2. The summed E-state index contributed by atoms with van der Waals surface area (Å²) in [6.07, 6.45) is 40.8. The molecular formula is C127H140N16O5. The molecule has 0 N–H and O–H groups in total. The molecule has 8 aromatic heterocycles. The van der Waals surface area contributed by atoms with E-state index in [-0.39, 0.29) is 47.8 Å². The second-order valence-corrected chi connectivity index (χ2v) is 44.6. The molecule has 0 radical (unpaired) electrons. The zero-order chi connectivity index (χ0) is 104. The van der Waals surface area contributed by atoms with E-state index in [1.807, 2.05) is 43.7 Å². The van der Waals surface area contributed by atoms with Crippen LogP contribution < -0.4 is 0 Å². The lowest BCUT2D eigenvalue weighted by Crippen LogP contribution is -2.41. The quantitative estimate of drug-likeness (QED) is 0.0509. The number of Topliss-reactive ketones (excluding diaryl/α,β-unsaturated/α-hetero) is 4. The lowest BCUT2D eigenvalue weighted by Gasteiger charge is -2.39. The number of pyridine rings is 4. The highest BCUT2D eigenvalue weighted by Crippen LogP contribution is 2.54. The maximum absolute atomic E-state index is 13.1. The lowest BCUT2D eigenvalue weighted by molar-refractivity contribution is -0.137. The molecule has 4 aliphatic heterocycles. The number of benzene rings is 5. The van der Waals surface area contributed by atoms with Gasteiger partial charge in [-0.15, -0.1) is 0 Å². The molecule has 9 aliphatic rings. The first-order valence-corrected chi connectivity index (χ1v) is 54.1. The Balaban J connectivity index is 0.000000124. The summed E-state index contributed by atoms with van der Waals surface area (Å²) < 4.78 is 8.47. The molecule has 0 spiro atoms. The molecule has 21 nitrogen and oxygen atoms in total. The number of carbonyl (C=O) groups is 5. The lowest BCUT2D eigenvalue weighted by atomic mass is 9.84. The molecule has 7 atom stereocenters. The minimum Gasteiger partial charge on any atom is -0.375 e. The molecule has 5 aromatic carbocycles. The van der Waals surface area contributed by atoms with Crippen molar-refractivity contribution >= 4 is 78.9 Å². The molecule has 5 aliphatic carbocycles. The minimum absolute atomic E-state index is 0.00745. The average Bonchev–Trinajstić information content (AvgIpc) is 1.62. The van der Waals surface area contributed by atoms with Gasteiger partial charge in [-0.1, -0.05) is 120 Å². The number of ketones is 4. The zero-order valence-corrected chi connectivity index (χ0v) is 88.3. The van der Waals surface area contributed by atoms with Crippen LogP contribution in [0.15, 0.2) is 196 Å². The van der Waals surface area contributed by atoms with Gasteiger partial charge in [-0.2, -0.15) is 21.0 Å². The Kier molecular flexibility index (Phi) is 30.3. The Morgan fingerprint density at radius 3 is 0.953 bits per heavy atom. The fourth-order valence-electron chi connectivity index (χ4n) is 26.6. The van der Waals surface area contributed by atoms with E-state index < -0.39 is 0 Å². The van der Waals surface area contributed by atoms with E-state index in [0.717, 1.165) is 206 Å². The summed E-state index contributed by atoms with van der Waals surface area (Å²) in [5, 5.41) is 41.5. The summed E-state index contributed by atoms with van der Waals surface area (Å²) in [7, 11) is 8.22. The minimum atomic E-state index is -0.0186. The topological polar surface area (TPSA) is 265 Å². The van der Waals surface area contributed by atoms with Crippen LogP contribution in [0.4, 0.5) is 0 Å². The summed E-state index contributed by atoms with van der Waals surface area (Å²) in [6, 6.07) is 42.9. The van der Waals surface area contributed by atoms with Crippen LogP contribution in [0, 0.1) is 120 Å². The van der Waals surface area contributed by atoms with Gasteiger partial charge >= 0.3 is 0 Å². The molecule has 4 saturated heterocycles. The number of fused-ring (bicyclic) bond motifs is 9. The Morgan fingerprint density at radius 1 is 0.372 bits per heavy atom. The number of hydrogen-bond acceptors (Lipinski definition) is 16. The van der Waals surface area contributed by atoms with Crippen LogP contribution in [0.3, 0.4) is 0 Å². The molecule has 1 amide bonds. The fourth-order valence-corrected chi connectivity index (χ4v) is 26.6. The van der Waals surface area contributed by atoms with Gasteiger partial charge in [0.1, 0.15) is 22.6 Å². The van der Waals surface area contributed by atoms with E-state index >= 15 is 0 Å². The van der Waals surface area contributed by atoms with Gasteiger partial charge in [0.05, 0.1) is 46.5 Å². The SMILES string of the molecule is C=C(C1C[C@@H]2CC[C@H]1C2)N1CCC(c2cn(C)c3ncc(CC(=O)c4cccc(C#N)c4)c(C)c23)CC1.C=C(C1C[C@H]2CC[C@@H]1C2)N1CCC(c2cn(C)c3ncc(CC(=O)c4cccc(C#N)c4)c(C)c23)CC1.C=C(c1cccc2c1CCC2)N1CCC(c2cn(C)c3ncc(CC(=O)c4cccc(C#N)c4)c(C)c23)CC1.Cc1c(CC(=O)c2cccc(C#N)c2)cnc2c1c(C1CCN(C(=O)[C@H](C)C(C)C)CC1)cn2C. The van der Waals surface area contributed by atoms with Crippen LogP contribution in [0.2, 0.25) is 0 Å². The van der Waals surface area contributed by atoms with Crippen LogP contribution in [0.25, 0.3) is 49.8 Å². The van der Waals surface area contributed by atoms with Gasteiger partial charge in [0.2, 0.25) is 5.91 Å². The number of rotatable bonds is 24. The summed E-state index contributed by atoms with van der Waals surface area (Å²) in [5.41, 5.74) is 30.1. The monoisotopic (exact) mass is 1970 g/mol. The number of carbonyl (C=O) groups excluding carboxylic acids is 5. The van der Waals surface area contributed by atoms with Gasteiger partial charge in [-0.25, -0.2) is 19.9 Å². The first-order valence-electron chi connectivity index (χ1n) is 54.1. The number of aromatic nitrogens is 8. The maximum atomic E-state index is 13.1. The van der Waals surface area contributed by atoms with Crippen molar-refractivity contribution in [2.24, 2.45) is 75.5 Å². The van der Waals surface area contributed by atoms with Crippen molar-refractivity contribution in [2.75, 3.05) is 52.4 Å².